The summed E-state index contributed by atoms with van der Waals surface area (Å²) in [6.45, 7) is 0. The highest BCUT2D eigenvalue weighted by molar-refractivity contribution is 5.78. The summed E-state index contributed by atoms with van der Waals surface area (Å²) in [5.41, 5.74) is 0. The number of carboxylic acids is 1. The number of esters is 1. The third-order valence-electron chi connectivity index (χ3n) is 3.33. The fourth-order valence-electron chi connectivity index (χ4n) is 2.38. The summed E-state index contributed by atoms with van der Waals surface area (Å²) < 4.78 is 4.52. The SMILES string of the molecule is COC(=O)C[C@@H](CC1CCCCC1)C(=O)O. The maximum absolute atomic E-state index is 11.1. The van der Waals surface area contributed by atoms with Gasteiger partial charge in [0.15, 0.2) is 0 Å². The van der Waals surface area contributed by atoms with Crippen molar-refractivity contribution in [1.82, 2.24) is 0 Å². The molecule has 0 spiro atoms. The molecule has 92 valence electrons. The highest BCUT2D eigenvalue weighted by Crippen LogP contribution is 2.30. The summed E-state index contributed by atoms with van der Waals surface area (Å²) in [6.07, 6.45) is 6.46. The summed E-state index contributed by atoms with van der Waals surface area (Å²) in [6, 6.07) is 0. The molecule has 1 fully saturated rings. The minimum atomic E-state index is -0.879. The first-order chi connectivity index (χ1) is 7.63. The maximum Gasteiger partial charge on any atom is 0.307 e. The molecule has 0 amide bonds. The molecule has 4 heteroatoms. The van der Waals surface area contributed by atoms with Crippen LogP contribution in [0.15, 0.2) is 0 Å². The van der Waals surface area contributed by atoms with Gasteiger partial charge in [-0.1, -0.05) is 32.1 Å². The topological polar surface area (TPSA) is 63.6 Å². The summed E-state index contributed by atoms with van der Waals surface area (Å²) in [4.78, 5) is 22.1. The molecule has 1 rings (SSSR count). The molecule has 1 atom stereocenters. The second kappa shape index (κ2) is 6.51. The fraction of sp³-hybridized carbons (Fsp3) is 0.833. The number of ether oxygens (including phenoxy) is 1. The van der Waals surface area contributed by atoms with Crippen LogP contribution in [-0.2, 0) is 14.3 Å². The third kappa shape index (κ3) is 4.21. The first-order valence-corrected chi connectivity index (χ1v) is 5.93. The van der Waals surface area contributed by atoms with Gasteiger partial charge in [0, 0.05) is 0 Å². The number of aliphatic carboxylic acids is 1. The highest BCUT2D eigenvalue weighted by Gasteiger charge is 2.26. The van der Waals surface area contributed by atoms with Crippen molar-refractivity contribution in [1.29, 1.82) is 0 Å². The Morgan fingerprint density at radius 2 is 1.94 bits per heavy atom. The number of carboxylic acid groups (broad SMARTS) is 1. The molecule has 0 aromatic heterocycles. The summed E-state index contributed by atoms with van der Waals surface area (Å²) >= 11 is 0. The van der Waals surface area contributed by atoms with E-state index in [9.17, 15) is 9.59 Å². The Morgan fingerprint density at radius 1 is 1.31 bits per heavy atom. The zero-order valence-electron chi connectivity index (χ0n) is 9.78. The number of hydrogen-bond acceptors (Lipinski definition) is 3. The molecule has 4 nitrogen and oxygen atoms in total. The molecule has 0 aromatic rings. The van der Waals surface area contributed by atoms with Crippen LogP contribution in [0.3, 0.4) is 0 Å². The van der Waals surface area contributed by atoms with Crippen LogP contribution in [0, 0.1) is 11.8 Å². The van der Waals surface area contributed by atoms with E-state index >= 15 is 0 Å². The zero-order chi connectivity index (χ0) is 12.0. The molecule has 1 aliphatic rings. The van der Waals surface area contributed by atoms with Gasteiger partial charge in [-0.25, -0.2) is 0 Å². The van der Waals surface area contributed by atoms with Crippen molar-refractivity contribution in [2.24, 2.45) is 11.8 Å². The first kappa shape index (κ1) is 13.0. The van der Waals surface area contributed by atoms with Gasteiger partial charge in [0.25, 0.3) is 0 Å². The number of methoxy groups -OCH3 is 1. The molecule has 0 unspecified atom stereocenters. The number of carbonyl (C=O) groups excluding carboxylic acids is 1. The molecule has 0 radical (unpaired) electrons. The molecule has 16 heavy (non-hydrogen) atoms. The predicted molar refractivity (Wildman–Crippen MR) is 59.0 cm³/mol. The van der Waals surface area contributed by atoms with E-state index in [1.54, 1.807) is 0 Å². The molecule has 0 bridgehead atoms. The van der Waals surface area contributed by atoms with Gasteiger partial charge in [-0.05, 0) is 12.3 Å². The van der Waals surface area contributed by atoms with Gasteiger partial charge >= 0.3 is 11.9 Å². The Balaban J connectivity index is 2.43. The van der Waals surface area contributed by atoms with Crippen molar-refractivity contribution in [3.05, 3.63) is 0 Å². The summed E-state index contributed by atoms with van der Waals surface area (Å²) in [5, 5.41) is 9.04. The Bertz CT molecular complexity index is 243. The second-order valence-electron chi connectivity index (χ2n) is 4.56. The summed E-state index contributed by atoms with van der Waals surface area (Å²) in [5.74, 6) is -1.41. The van der Waals surface area contributed by atoms with Crippen molar-refractivity contribution < 1.29 is 19.4 Å². The monoisotopic (exact) mass is 228 g/mol. The average Bonchev–Trinajstić information content (AvgIpc) is 2.29. The van der Waals surface area contributed by atoms with Gasteiger partial charge in [-0.3, -0.25) is 9.59 Å². The van der Waals surface area contributed by atoms with Crippen LogP contribution in [0.25, 0.3) is 0 Å². The van der Waals surface area contributed by atoms with Crippen molar-refractivity contribution in [3.63, 3.8) is 0 Å². The van der Waals surface area contributed by atoms with E-state index < -0.39 is 17.9 Å². The Hall–Kier alpha value is -1.06. The molecule has 1 aliphatic carbocycles. The fourth-order valence-corrected chi connectivity index (χ4v) is 2.38. The minimum absolute atomic E-state index is 0.00231. The summed E-state index contributed by atoms with van der Waals surface area (Å²) in [7, 11) is 1.29. The lowest BCUT2D eigenvalue weighted by molar-refractivity contribution is -0.150. The van der Waals surface area contributed by atoms with Gasteiger partial charge in [-0.15, -0.1) is 0 Å². The smallest absolute Gasteiger partial charge is 0.307 e. The van der Waals surface area contributed by atoms with Crippen LogP contribution in [0.4, 0.5) is 0 Å². The lowest BCUT2D eigenvalue weighted by atomic mass is 9.82. The Morgan fingerprint density at radius 3 is 2.44 bits per heavy atom. The average molecular weight is 228 g/mol. The van der Waals surface area contributed by atoms with Gasteiger partial charge < -0.3 is 9.84 Å². The van der Waals surface area contributed by atoms with E-state index in [0.717, 1.165) is 12.8 Å². The third-order valence-corrected chi connectivity index (χ3v) is 3.33. The zero-order valence-corrected chi connectivity index (χ0v) is 9.78. The number of hydrogen-bond donors (Lipinski definition) is 1. The Labute approximate surface area is 96.0 Å². The molecule has 0 aliphatic heterocycles. The number of carbonyl (C=O) groups is 2. The van der Waals surface area contributed by atoms with Crippen molar-refractivity contribution >= 4 is 11.9 Å². The van der Waals surface area contributed by atoms with Gasteiger partial charge in [0.05, 0.1) is 19.4 Å². The molecular weight excluding hydrogens is 208 g/mol. The van der Waals surface area contributed by atoms with Gasteiger partial charge in [0.1, 0.15) is 0 Å². The quantitative estimate of drug-likeness (QED) is 0.733. The molecule has 0 aromatic carbocycles. The maximum atomic E-state index is 11.1. The number of rotatable bonds is 5. The Kier molecular flexibility index (Phi) is 5.29. The lowest BCUT2D eigenvalue weighted by Gasteiger charge is -2.24. The van der Waals surface area contributed by atoms with Crippen molar-refractivity contribution in [3.8, 4) is 0 Å². The van der Waals surface area contributed by atoms with Crippen LogP contribution in [0.2, 0.25) is 0 Å². The van der Waals surface area contributed by atoms with E-state index in [-0.39, 0.29) is 6.42 Å². The van der Waals surface area contributed by atoms with E-state index in [0.29, 0.717) is 12.3 Å². The van der Waals surface area contributed by atoms with Crippen LogP contribution in [0.1, 0.15) is 44.9 Å². The van der Waals surface area contributed by atoms with Gasteiger partial charge in [-0.2, -0.15) is 0 Å². The normalized spacial score (nSPS) is 19.1. The standard InChI is InChI=1S/C12H20O4/c1-16-11(13)8-10(12(14)15)7-9-5-3-2-4-6-9/h9-10H,2-8H2,1H3,(H,14,15)/t10-/m1/s1. The highest BCUT2D eigenvalue weighted by atomic mass is 16.5. The van der Waals surface area contributed by atoms with E-state index in [2.05, 4.69) is 4.74 Å². The first-order valence-electron chi connectivity index (χ1n) is 5.93. The van der Waals surface area contributed by atoms with E-state index in [4.69, 9.17) is 5.11 Å². The molecular formula is C12H20O4. The van der Waals surface area contributed by atoms with Crippen LogP contribution in [0.5, 0.6) is 0 Å². The molecule has 1 saturated carbocycles. The molecule has 0 heterocycles. The van der Waals surface area contributed by atoms with Gasteiger partial charge in [0.2, 0.25) is 0 Å². The largest absolute Gasteiger partial charge is 0.481 e. The lowest BCUT2D eigenvalue weighted by Crippen LogP contribution is -2.22. The van der Waals surface area contributed by atoms with Crippen LogP contribution >= 0.6 is 0 Å². The van der Waals surface area contributed by atoms with E-state index in [1.165, 1.54) is 26.4 Å². The second-order valence-corrected chi connectivity index (χ2v) is 4.56. The molecule has 0 saturated heterocycles. The van der Waals surface area contributed by atoms with Crippen molar-refractivity contribution in [2.45, 2.75) is 44.9 Å². The minimum Gasteiger partial charge on any atom is -0.481 e. The van der Waals surface area contributed by atoms with Crippen LogP contribution < -0.4 is 0 Å². The van der Waals surface area contributed by atoms with Crippen molar-refractivity contribution in [2.75, 3.05) is 7.11 Å². The predicted octanol–water partition coefficient (Wildman–Crippen LogP) is 2.22. The molecule has 1 N–H and O–H groups in total. The van der Waals surface area contributed by atoms with Crippen LogP contribution in [-0.4, -0.2) is 24.2 Å². The van der Waals surface area contributed by atoms with E-state index in [1.807, 2.05) is 0 Å².